The Hall–Kier alpha value is -1.15. The molecule has 0 aliphatic carbocycles. The lowest BCUT2D eigenvalue weighted by atomic mass is 9.97. The first kappa shape index (κ1) is 9.93. The molecule has 2 nitrogen and oxygen atoms in total. The lowest BCUT2D eigenvalue weighted by Crippen LogP contribution is -2.12. The van der Waals surface area contributed by atoms with E-state index >= 15 is 0 Å². The van der Waals surface area contributed by atoms with Crippen LogP contribution in [0.15, 0.2) is 30.3 Å². The highest BCUT2D eigenvalue weighted by Gasteiger charge is 2.13. The van der Waals surface area contributed by atoms with Gasteiger partial charge in [-0.2, -0.15) is 0 Å². The number of aliphatic hydroxyl groups is 1. The maximum absolute atomic E-state index is 11.6. The molecule has 1 rings (SSSR count). The normalized spacial score (nSPS) is 12.5. The lowest BCUT2D eigenvalue weighted by molar-refractivity contribution is 0.0908. The van der Waals surface area contributed by atoms with E-state index in [4.69, 9.17) is 5.11 Å². The Bertz CT molecular complexity index is 267. The lowest BCUT2D eigenvalue weighted by Gasteiger charge is -2.07. The number of carbonyl (C=O) groups excluding carboxylic acids is 1. The average molecular weight is 178 g/mol. The first-order valence-electron chi connectivity index (χ1n) is 4.46. The molecule has 0 fully saturated rings. The second-order valence-electron chi connectivity index (χ2n) is 3.14. The Balaban J connectivity index is 2.68. The first-order valence-corrected chi connectivity index (χ1v) is 4.46. The minimum Gasteiger partial charge on any atom is -0.396 e. The van der Waals surface area contributed by atoms with E-state index in [1.807, 2.05) is 25.1 Å². The third-order valence-corrected chi connectivity index (χ3v) is 2.07. The van der Waals surface area contributed by atoms with Crippen molar-refractivity contribution in [1.29, 1.82) is 0 Å². The molecule has 0 aliphatic heterocycles. The summed E-state index contributed by atoms with van der Waals surface area (Å²) in [5, 5.41) is 8.68. The second-order valence-corrected chi connectivity index (χ2v) is 3.14. The number of carbonyl (C=O) groups is 1. The smallest absolute Gasteiger partial charge is 0.165 e. The van der Waals surface area contributed by atoms with Gasteiger partial charge in [-0.15, -0.1) is 0 Å². The quantitative estimate of drug-likeness (QED) is 0.715. The summed E-state index contributed by atoms with van der Waals surface area (Å²) in [6.45, 7) is 1.91. The Morgan fingerprint density at radius 1 is 1.38 bits per heavy atom. The van der Waals surface area contributed by atoms with Crippen LogP contribution in [0.5, 0.6) is 0 Å². The van der Waals surface area contributed by atoms with Crippen molar-refractivity contribution in [1.82, 2.24) is 0 Å². The van der Waals surface area contributed by atoms with Crippen LogP contribution in [0.4, 0.5) is 0 Å². The Kier molecular flexibility index (Phi) is 3.65. The van der Waals surface area contributed by atoms with Gasteiger partial charge in [-0.25, -0.2) is 0 Å². The van der Waals surface area contributed by atoms with E-state index < -0.39 is 0 Å². The van der Waals surface area contributed by atoms with Gasteiger partial charge in [-0.1, -0.05) is 37.3 Å². The highest BCUT2D eigenvalue weighted by atomic mass is 16.3. The van der Waals surface area contributed by atoms with Crippen LogP contribution in [0, 0.1) is 5.92 Å². The summed E-state index contributed by atoms with van der Waals surface area (Å²) in [7, 11) is 0. The molecule has 70 valence electrons. The summed E-state index contributed by atoms with van der Waals surface area (Å²) < 4.78 is 0. The number of hydrogen-bond donors (Lipinski definition) is 1. The molecule has 1 N–H and O–H groups in total. The van der Waals surface area contributed by atoms with Gasteiger partial charge in [0.05, 0.1) is 0 Å². The standard InChI is InChI=1S/C11H14O2/c1-9(7-8-12)11(13)10-5-3-2-4-6-10/h2-6,9,12H,7-8H2,1H3. The molecule has 0 radical (unpaired) electrons. The van der Waals surface area contributed by atoms with Crippen molar-refractivity contribution in [3.8, 4) is 0 Å². The van der Waals surface area contributed by atoms with Crippen molar-refractivity contribution < 1.29 is 9.90 Å². The molecule has 13 heavy (non-hydrogen) atoms. The molecule has 0 saturated carbocycles. The van der Waals surface area contributed by atoms with Gasteiger partial charge in [-0.05, 0) is 6.42 Å². The number of ketones is 1. The number of aliphatic hydroxyl groups excluding tert-OH is 1. The van der Waals surface area contributed by atoms with Crippen molar-refractivity contribution in [2.24, 2.45) is 5.92 Å². The van der Waals surface area contributed by atoms with E-state index in [1.165, 1.54) is 0 Å². The fraction of sp³-hybridized carbons (Fsp3) is 0.364. The van der Waals surface area contributed by atoms with E-state index in [0.717, 1.165) is 5.56 Å². The third-order valence-electron chi connectivity index (χ3n) is 2.07. The van der Waals surface area contributed by atoms with Crippen molar-refractivity contribution in [3.05, 3.63) is 35.9 Å². The predicted octanol–water partition coefficient (Wildman–Crippen LogP) is 1.89. The van der Waals surface area contributed by atoms with Crippen LogP contribution in [0.25, 0.3) is 0 Å². The summed E-state index contributed by atoms with van der Waals surface area (Å²) >= 11 is 0. The molecule has 0 saturated heterocycles. The summed E-state index contributed by atoms with van der Waals surface area (Å²) in [4.78, 5) is 11.6. The van der Waals surface area contributed by atoms with Gasteiger partial charge in [0.2, 0.25) is 0 Å². The average Bonchev–Trinajstić information content (AvgIpc) is 2.18. The first-order chi connectivity index (χ1) is 6.25. The van der Waals surface area contributed by atoms with Crippen LogP contribution >= 0.6 is 0 Å². The minimum absolute atomic E-state index is 0.0692. The van der Waals surface area contributed by atoms with Gasteiger partial charge in [0.1, 0.15) is 0 Å². The molecule has 0 aliphatic rings. The highest BCUT2D eigenvalue weighted by molar-refractivity contribution is 5.97. The number of benzene rings is 1. The molecular weight excluding hydrogens is 164 g/mol. The fourth-order valence-corrected chi connectivity index (χ4v) is 1.21. The third kappa shape index (κ3) is 2.67. The second kappa shape index (κ2) is 4.77. The zero-order chi connectivity index (χ0) is 9.68. The maximum atomic E-state index is 11.6. The zero-order valence-corrected chi connectivity index (χ0v) is 7.73. The topological polar surface area (TPSA) is 37.3 Å². The molecular formula is C11H14O2. The Morgan fingerprint density at radius 3 is 2.54 bits per heavy atom. The monoisotopic (exact) mass is 178 g/mol. The summed E-state index contributed by atoms with van der Waals surface area (Å²) in [5.41, 5.74) is 0.725. The van der Waals surface area contributed by atoms with E-state index in [2.05, 4.69) is 0 Å². The van der Waals surface area contributed by atoms with Crippen LogP contribution < -0.4 is 0 Å². The largest absolute Gasteiger partial charge is 0.396 e. The Morgan fingerprint density at radius 2 is 2.00 bits per heavy atom. The van der Waals surface area contributed by atoms with Crippen molar-refractivity contribution in [2.45, 2.75) is 13.3 Å². The van der Waals surface area contributed by atoms with Crippen molar-refractivity contribution in [3.63, 3.8) is 0 Å². The summed E-state index contributed by atoms with van der Waals surface area (Å²) in [5.74, 6) is 0.0158. The number of rotatable bonds is 4. The maximum Gasteiger partial charge on any atom is 0.165 e. The van der Waals surface area contributed by atoms with Gasteiger partial charge in [0.15, 0.2) is 5.78 Å². The van der Waals surface area contributed by atoms with Crippen LogP contribution in [-0.2, 0) is 0 Å². The molecule has 1 unspecified atom stereocenters. The molecule has 0 aromatic heterocycles. The zero-order valence-electron chi connectivity index (χ0n) is 7.73. The van der Waals surface area contributed by atoms with Gasteiger partial charge >= 0.3 is 0 Å². The molecule has 0 bridgehead atoms. The van der Waals surface area contributed by atoms with E-state index in [1.54, 1.807) is 12.1 Å². The number of Topliss-reactive ketones (excluding diaryl/α,β-unsaturated/α-hetero) is 1. The van der Waals surface area contributed by atoms with Crippen LogP contribution in [-0.4, -0.2) is 17.5 Å². The van der Waals surface area contributed by atoms with Crippen LogP contribution in [0.2, 0.25) is 0 Å². The van der Waals surface area contributed by atoms with Crippen molar-refractivity contribution >= 4 is 5.78 Å². The number of hydrogen-bond acceptors (Lipinski definition) is 2. The molecule has 0 spiro atoms. The fourth-order valence-electron chi connectivity index (χ4n) is 1.21. The summed E-state index contributed by atoms with van der Waals surface area (Å²) in [6, 6.07) is 9.18. The van der Waals surface area contributed by atoms with Gasteiger partial charge in [-0.3, -0.25) is 4.79 Å². The van der Waals surface area contributed by atoms with Gasteiger partial charge in [0.25, 0.3) is 0 Å². The minimum atomic E-state index is -0.0904. The molecule has 1 aromatic rings. The van der Waals surface area contributed by atoms with E-state index in [-0.39, 0.29) is 18.3 Å². The Labute approximate surface area is 78.2 Å². The molecule has 2 heteroatoms. The molecule has 1 atom stereocenters. The predicted molar refractivity (Wildman–Crippen MR) is 51.6 cm³/mol. The van der Waals surface area contributed by atoms with Gasteiger partial charge in [0, 0.05) is 18.1 Å². The van der Waals surface area contributed by atoms with Gasteiger partial charge < -0.3 is 5.11 Å². The van der Waals surface area contributed by atoms with E-state index in [0.29, 0.717) is 6.42 Å². The molecule has 0 amide bonds. The van der Waals surface area contributed by atoms with Crippen LogP contribution in [0.1, 0.15) is 23.7 Å². The SMILES string of the molecule is CC(CCO)C(=O)c1ccccc1. The molecule has 0 heterocycles. The van der Waals surface area contributed by atoms with Crippen LogP contribution in [0.3, 0.4) is 0 Å². The molecule has 1 aromatic carbocycles. The van der Waals surface area contributed by atoms with Crippen molar-refractivity contribution in [2.75, 3.05) is 6.61 Å². The van der Waals surface area contributed by atoms with E-state index in [9.17, 15) is 4.79 Å². The highest BCUT2D eigenvalue weighted by Crippen LogP contribution is 2.10. The summed E-state index contributed by atoms with van der Waals surface area (Å²) in [6.07, 6.45) is 0.535.